The lowest BCUT2D eigenvalue weighted by molar-refractivity contribution is -0.129. The van der Waals surface area contributed by atoms with Crippen molar-refractivity contribution < 1.29 is 9.53 Å². The highest BCUT2D eigenvalue weighted by Gasteiger charge is 2.13. The second-order valence-corrected chi connectivity index (χ2v) is 5.41. The standard InChI is InChI=1S/C18H22N2O2/c1-14-4-5-17(22-3)16(12-14)13-18(21)20(2)11-8-15-6-9-19-10-7-15/h4-7,9-10,12H,8,11,13H2,1-3H3. The van der Waals surface area contributed by atoms with Crippen LogP contribution in [0, 0.1) is 6.92 Å². The van der Waals surface area contributed by atoms with Gasteiger partial charge in [-0.3, -0.25) is 9.78 Å². The molecule has 1 amide bonds. The molecule has 116 valence electrons. The van der Waals surface area contributed by atoms with Gasteiger partial charge in [-0.1, -0.05) is 17.7 Å². The number of rotatable bonds is 6. The largest absolute Gasteiger partial charge is 0.496 e. The van der Waals surface area contributed by atoms with Gasteiger partial charge in [0.05, 0.1) is 13.5 Å². The lowest BCUT2D eigenvalue weighted by atomic mass is 10.1. The van der Waals surface area contributed by atoms with Gasteiger partial charge in [-0.25, -0.2) is 0 Å². The molecule has 0 radical (unpaired) electrons. The van der Waals surface area contributed by atoms with Crippen LogP contribution in [-0.4, -0.2) is 36.5 Å². The molecule has 0 spiro atoms. The van der Waals surface area contributed by atoms with E-state index in [0.29, 0.717) is 13.0 Å². The topological polar surface area (TPSA) is 42.4 Å². The first-order chi connectivity index (χ1) is 10.6. The van der Waals surface area contributed by atoms with Crippen LogP contribution in [0.25, 0.3) is 0 Å². The third kappa shape index (κ3) is 4.32. The van der Waals surface area contributed by atoms with Crippen molar-refractivity contribution >= 4 is 5.91 Å². The van der Waals surface area contributed by atoms with E-state index in [-0.39, 0.29) is 5.91 Å². The van der Waals surface area contributed by atoms with E-state index < -0.39 is 0 Å². The molecule has 1 aromatic carbocycles. The number of carbonyl (C=O) groups excluding carboxylic acids is 1. The average Bonchev–Trinajstić information content (AvgIpc) is 2.53. The molecule has 2 rings (SSSR count). The first-order valence-electron chi connectivity index (χ1n) is 7.36. The van der Waals surface area contributed by atoms with Gasteiger partial charge in [-0.2, -0.15) is 0 Å². The summed E-state index contributed by atoms with van der Waals surface area (Å²) in [7, 11) is 3.47. The van der Waals surface area contributed by atoms with Crippen molar-refractivity contribution in [2.75, 3.05) is 20.7 Å². The monoisotopic (exact) mass is 298 g/mol. The number of hydrogen-bond donors (Lipinski definition) is 0. The molecule has 0 bridgehead atoms. The Labute approximate surface area is 131 Å². The molecule has 4 nitrogen and oxygen atoms in total. The minimum absolute atomic E-state index is 0.0953. The van der Waals surface area contributed by atoms with E-state index in [1.165, 1.54) is 5.56 Å². The van der Waals surface area contributed by atoms with E-state index >= 15 is 0 Å². The second kappa shape index (κ2) is 7.59. The number of benzene rings is 1. The van der Waals surface area contributed by atoms with Crippen LogP contribution in [0.4, 0.5) is 0 Å². The van der Waals surface area contributed by atoms with Crippen LogP contribution >= 0.6 is 0 Å². The molecule has 1 aromatic heterocycles. The number of hydrogen-bond acceptors (Lipinski definition) is 3. The smallest absolute Gasteiger partial charge is 0.226 e. The summed E-state index contributed by atoms with van der Waals surface area (Å²) in [6.45, 7) is 2.71. The Morgan fingerprint density at radius 2 is 1.95 bits per heavy atom. The first-order valence-corrected chi connectivity index (χ1v) is 7.36. The summed E-state index contributed by atoms with van der Waals surface area (Å²) < 4.78 is 5.33. The van der Waals surface area contributed by atoms with Gasteiger partial charge in [0.2, 0.25) is 5.91 Å². The van der Waals surface area contributed by atoms with Crippen molar-refractivity contribution in [2.24, 2.45) is 0 Å². The average molecular weight is 298 g/mol. The number of nitrogens with zero attached hydrogens (tertiary/aromatic N) is 2. The van der Waals surface area contributed by atoms with Crippen molar-refractivity contribution in [3.05, 3.63) is 59.4 Å². The molecule has 0 aliphatic carbocycles. The van der Waals surface area contributed by atoms with Gasteiger partial charge in [-0.05, 0) is 37.1 Å². The fraction of sp³-hybridized carbons (Fsp3) is 0.333. The highest BCUT2D eigenvalue weighted by molar-refractivity contribution is 5.79. The Morgan fingerprint density at radius 3 is 2.64 bits per heavy atom. The molecule has 0 unspecified atom stereocenters. The molecule has 0 fully saturated rings. The number of likely N-dealkylation sites (N-methyl/N-ethyl adjacent to an activating group) is 1. The van der Waals surface area contributed by atoms with Gasteiger partial charge < -0.3 is 9.64 Å². The fourth-order valence-corrected chi connectivity index (χ4v) is 2.31. The minimum atomic E-state index is 0.0953. The molecular formula is C18H22N2O2. The van der Waals surface area contributed by atoms with Gasteiger partial charge in [0.15, 0.2) is 0 Å². The van der Waals surface area contributed by atoms with E-state index in [9.17, 15) is 4.79 Å². The molecule has 22 heavy (non-hydrogen) atoms. The van der Waals surface area contributed by atoms with Gasteiger partial charge >= 0.3 is 0 Å². The van der Waals surface area contributed by atoms with Crippen molar-refractivity contribution in [1.82, 2.24) is 9.88 Å². The zero-order valence-corrected chi connectivity index (χ0v) is 13.4. The molecule has 0 atom stereocenters. The van der Waals surface area contributed by atoms with Gasteiger partial charge in [0.25, 0.3) is 0 Å². The van der Waals surface area contributed by atoms with Crippen LogP contribution < -0.4 is 4.74 Å². The van der Waals surface area contributed by atoms with E-state index in [1.54, 1.807) is 24.4 Å². The third-order valence-corrected chi connectivity index (χ3v) is 3.69. The molecule has 0 N–H and O–H groups in total. The Bertz CT molecular complexity index is 626. The van der Waals surface area contributed by atoms with Crippen molar-refractivity contribution in [1.29, 1.82) is 0 Å². The molecule has 0 aliphatic heterocycles. The highest BCUT2D eigenvalue weighted by atomic mass is 16.5. The Kier molecular flexibility index (Phi) is 5.53. The predicted molar refractivity (Wildman–Crippen MR) is 87.0 cm³/mol. The van der Waals surface area contributed by atoms with Crippen LogP contribution in [0.2, 0.25) is 0 Å². The fourth-order valence-electron chi connectivity index (χ4n) is 2.31. The molecule has 4 heteroatoms. The summed E-state index contributed by atoms with van der Waals surface area (Å²) in [4.78, 5) is 18.1. The number of aromatic nitrogens is 1. The van der Waals surface area contributed by atoms with E-state index in [4.69, 9.17) is 4.74 Å². The molecular weight excluding hydrogens is 276 g/mol. The second-order valence-electron chi connectivity index (χ2n) is 5.41. The van der Waals surface area contributed by atoms with Gasteiger partial charge in [0, 0.05) is 31.5 Å². The number of ether oxygens (including phenoxy) is 1. The zero-order valence-electron chi connectivity index (χ0n) is 13.4. The molecule has 2 aromatic rings. The predicted octanol–water partition coefficient (Wildman–Crippen LogP) is 2.64. The molecule has 0 saturated carbocycles. The van der Waals surface area contributed by atoms with Gasteiger partial charge in [0.1, 0.15) is 5.75 Å². The van der Waals surface area contributed by atoms with Crippen molar-refractivity contribution in [3.8, 4) is 5.75 Å². The first kappa shape index (κ1) is 16.0. The number of carbonyl (C=O) groups is 1. The normalized spacial score (nSPS) is 10.3. The van der Waals surface area contributed by atoms with Crippen LogP contribution in [0.15, 0.2) is 42.7 Å². The number of aryl methyl sites for hydroxylation is 1. The Balaban J connectivity index is 1.95. The van der Waals surface area contributed by atoms with Crippen molar-refractivity contribution in [3.63, 3.8) is 0 Å². The van der Waals surface area contributed by atoms with E-state index in [0.717, 1.165) is 23.3 Å². The SMILES string of the molecule is COc1ccc(C)cc1CC(=O)N(C)CCc1ccncc1. The molecule has 0 saturated heterocycles. The summed E-state index contributed by atoms with van der Waals surface area (Å²) >= 11 is 0. The summed E-state index contributed by atoms with van der Waals surface area (Å²) in [5.41, 5.74) is 3.24. The van der Waals surface area contributed by atoms with Crippen LogP contribution in [-0.2, 0) is 17.6 Å². The zero-order chi connectivity index (χ0) is 15.9. The Morgan fingerprint density at radius 1 is 1.23 bits per heavy atom. The van der Waals surface area contributed by atoms with Crippen molar-refractivity contribution in [2.45, 2.75) is 19.8 Å². The van der Waals surface area contributed by atoms with Crippen LogP contribution in [0.1, 0.15) is 16.7 Å². The highest BCUT2D eigenvalue weighted by Crippen LogP contribution is 2.20. The number of amides is 1. The third-order valence-electron chi connectivity index (χ3n) is 3.69. The number of methoxy groups -OCH3 is 1. The maximum absolute atomic E-state index is 12.4. The summed E-state index contributed by atoms with van der Waals surface area (Å²) in [5, 5.41) is 0. The van der Waals surface area contributed by atoms with E-state index in [1.807, 2.05) is 44.3 Å². The lowest BCUT2D eigenvalue weighted by Gasteiger charge is -2.18. The van der Waals surface area contributed by atoms with E-state index in [2.05, 4.69) is 4.98 Å². The van der Waals surface area contributed by atoms with Crippen LogP contribution in [0.3, 0.4) is 0 Å². The number of pyridine rings is 1. The summed E-state index contributed by atoms with van der Waals surface area (Å²) in [6.07, 6.45) is 4.73. The summed E-state index contributed by atoms with van der Waals surface area (Å²) in [5.74, 6) is 0.861. The maximum Gasteiger partial charge on any atom is 0.226 e. The van der Waals surface area contributed by atoms with Gasteiger partial charge in [-0.15, -0.1) is 0 Å². The Hall–Kier alpha value is -2.36. The quantitative estimate of drug-likeness (QED) is 0.823. The van der Waals surface area contributed by atoms with Crippen LogP contribution in [0.5, 0.6) is 5.75 Å². The molecule has 1 heterocycles. The summed E-state index contributed by atoms with van der Waals surface area (Å²) in [6, 6.07) is 9.85. The lowest BCUT2D eigenvalue weighted by Crippen LogP contribution is -2.30. The maximum atomic E-state index is 12.4. The minimum Gasteiger partial charge on any atom is -0.496 e. The molecule has 0 aliphatic rings.